The Morgan fingerprint density at radius 1 is 1.21 bits per heavy atom. The first-order valence-corrected chi connectivity index (χ1v) is 7.61. The van der Waals surface area contributed by atoms with Crippen molar-refractivity contribution < 1.29 is 0 Å². The zero-order valence-electron chi connectivity index (χ0n) is 12.1. The van der Waals surface area contributed by atoms with E-state index in [-0.39, 0.29) is 6.04 Å². The predicted molar refractivity (Wildman–Crippen MR) is 85.3 cm³/mol. The number of rotatable bonds is 5. The molecule has 0 amide bonds. The van der Waals surface area contributed by atoms with Crippen molar-refractivity contribution >= 4 is 17.3 Å². The molecule has 0 bridgehead atoms. The smallest absolute Gasteiger partial charge is 0.166 e. The Balaban J connectivity index is 1.87. The highest BCUT2D eigenvalue weighted by Crippen LogP contribution is 2.19. The molecule has 2 nitrogen and oxygen atoms in total. The largest absolute Gasteiger partial charge is 0.360 e. The third-order valence-corrected chi connectivity index (χ3v) is 3.62. The van der Waals surface area contributed by atoms with Crippen LogP contribution in [0.3, 0.4) is 0 Å². The summed E-state index contributed by atoms with van der Waals surface area (Å²) in [4.78, 5) is 0. The maximum atomic E-state index is 5.31. The zero-order valence-corrected chi connectivity index (χ0v) is 12.9. The molecule has 0 saturated heterocycles. The molecule has 104 valence electrons. The van der Waals surface area contributed by atoms with Gasteiger partial charge in [0.05, 0.1) is 6.04 Å². The normalized spacial score (nSPS) is 16.2. The highest BCUT2D eigenvalue weighted by atomic mass is 32.1. The molecule has 0 aromatic heterocycles. The molecule has 1 aliphatic carbocycles. The van der Waals surface area contributed by atoms with Crippen molar-refractivity contribution in [2.75, 3.05) is 0 Å². The molecule has 19 heavy (non-hydrogen) atoms. The second-order valence-corrected chi connectivity index (χ2v) is 6.36. The topological polar surface area (TPSA) is 24.1 Å². The number of nitrogens with one attached hydrogen (secondary N) is 2. The first-order chi connectivity index (χ1) is 9.04. The van der Waals surface area contributed by atoms with Crippen LogP contribution in [0.5, 0.6) is 0 Å². The summed E-state index contributed by atoms with van der Waals surface area (Å²) in [6.07, 6.45) is 3.64. The molecule has 1 unspecified atom stereocenters. The molecule has 1 aromatic rings. The third kappa shape index (κ3) is 4.83. The lowest BCUT2D eigenvalue weighted by Gasteiger charge is -2.17. The van der Waals surface area contributed by atoms with Gasteiger partial charge in [0.1, 0.15) is 0 Å². The summed E-state index contributed by atoms with van der Waals surface area (Å²) in [5.41, 5.74) is 2.69. The molecule has 1 aromatic carbocycles. The summed E-state index contributed by atoms with van der Waals surface area (Å²) >= 11 is 5.31. The highest BCUT2D eigenvalue weighted by Gasteiger charge is 2.22. The van der Waals surface area contributed by atoms with Crippen LogP contribution in [-0.4, -0.2) is 11.2 Å². The molecule has 0 heterocycles. The van der Waals surface area contributed by atoms with Crippen molar-refractivity contribution in [2.24, 2.45) is 5.92 Å². The fraction of sp³-hybridized carbons (Fsp3) is 0.562. The molecule has 1 fully saturated rings. The van der Waals surface area contributed by atoms with E-state index in [1.165, 1.54) is 24.0 Å². The van der Waals surface area contributed by atoms with Crippen molar-refractivity contribution in [1.29, 1.82) is 0 Å². The number of benzene rings is 1. The minimum atomic E-state index is 0.256. The van der Waals surface area contributed by atoms with E-state index in [1.54, 1.807) is 0 Å². The standard InChI is InChI=1S/C16H24N2S/c1-11(2)10-13-4-6-14(7-5-13)12(3)17-16(19)18-15-8-9-15/h4-7,11-12,15H,8-10H2,1-3H3,(H2,17,18,19). The van der Waals surface area contributed by atoms with Gasteiger partial charge < -0.3 is 10.6 Å². The number of hydrogen-bond donors (Lipinski definition) is 2. The first-order valence-electron chi connectivity index (χ1n) is 7.20. The minimum absolute atomic E-state index is 0.256. The van der Waals surface area contributed by atoms with Gasteiger partial charge in [-0.25, -0.2) is 0 Å². The molecule has 1 atom stereocenters. The fourth-order valence-electron chi connectivity index (χ4n) is 2.15. The van der Waals surface area contributed by atoms with E-state index in [0.717, 1.165) is 11.5 Å². The molecule has 0 radical (unpaired) electrons. The molecule has 3 heteroatoms. The SMILES string of the molecule is CC(C)Cc1ccc(C(C)NC(=S)NC2CC2)cc1. The fourth-order valence-corrected chi connectivity index (χ4v) is 2.49. The monoisotopic (exact) mass is 276 g/mol. The van der Waals surface area contributed by atoms with Gasteiger partial charge in [-0.05, 0) is 55.4 Å². The van der Waals surface area contributed by atoms with E-state index in [0.29, 0.717) is 12.0 Å². The van der Waals surface area contributed by atoms with Crippen LogP contribution in [0.2, 0.25) is 0 Å². The molecular weight excluding hydrogens is 252 g/mol. The van der Waals surface area contributed by atoms with Gasteiger partial charge in [-0.3, -0.25) is 0 Å². The third-order valence-electron chi connectivity index (χ3n) is 3.38. The lowest BCUT2D eigenvalue weighted by molar-refractivity contribution is 0.646. The van der Waals surface area contributed by atoms with Gasteiger partial charge >= 0.3 is 0 Å². The molecule has 0 aliphatic heterocycles. The first kappa shape index (κ1) is 14.3. The lowest BCUT2D eigenvalue weighted by atomic mass is 10.00. The Labute approximate surface area is 122 Å². The maximum Gasteiger partial charge on any atom is 0.166 e. The summed E-state index contributed by atoms with van der Waals surface area (Å²) in [6, 6.07) is 9.73. The second kappa shape index (κ2) is 6.38. The van der Waals surface area contributed by atoms with Gasteiger partial charge in [-0.15, -0.1) is 0 Å². The van der Waals surface area contributed by atoms with E-state index >= 15 is 0 Å². The van der Waals surface area contributed by atoms with Crippen LogP contribution in [0.4, 0.5) is 0 Å². The molecular formula is C16H24N2S. The van der Waals surface area contributed by atoms with Crippen LogP contribution in [-0.2, 0) is 6.42 Å². The van der Waals surface area contributed by atoms with Crippen molar-refractivity contribution in [2.45, 2.75) is 52.1 Å². The van der Waals surface area contributed by atoms with Gasteiger partial charge in [0.15, 0.2) is 5.11 Å². The average Bonchev–Trinajstić information content (AvgIpc) is 3.12. The lowest BCUT2D eigenvalue weighted by Crippen LogP contribution is -2.37. The quantitative estimate of drug-likeness (QED) is 0.804. The zero-order chi connectivity index (χ0) is 13.8. The summed E-state index contributed by atoms with van der Waals surface area (Å²) in [5, 5.41) is 7.44. The molecule has 2 rings (SSSR count). The summed E-state index contributed by atoms with van der Waals surface area (Å²) in [5.74, 6) is 0.705. The summed E-state index contributed by atoms with van der Waals surface area (Å²) < 4.78 is 0. The van der Waals surface area contributed by atoms with Crippen LogP contribution in [0, 0.1) is 5.92 Å². The average molecular weight is 276 g/mol. The number of thiocarbonyl (C=S) groups is 1. The van der Waals surface area contributed by atoms with Crippen LogP contribution in [0.25, 0.3) is 0 Å². The van der Waals surface area contributed by atoms with E-state index in [4.69, 9.17) is 12.2 Å². The molecule has 1 saturated carbocycles. The van der Waals surface area contributed by atoms with Crippen molar-refractivity contribution in [3.05, 3.63) is 35.4 Å². The Bertz CT molecular complexity index is 421. The Morgan fingerprint density at radius 2 is 1.84 bits per heavy atom. The minimum Gasteiger partial charge on any atom is -0.360 e. The van der Waals surface area contributed by atoms with Crippen LogP contribution >= 0.6 is 12.2 Å². The van der Waals surface area contributed by atoms with E-state index in [2.05, 4.69) is 55.7 Å². The van der Waals surface area contributed by atoms with E-state index in [1.807, 2.05) is 0 Å². The summed E-state index contributed by atoms with van der Waals surface area (Å²) in [6.45, 7) is 6.65. The van der Waals surface area contributed by atoms with Gasteiger partial charge in [0, 0.05) is 6.04 Å². The predicted octanol–water partition coefficient (Wildman–Crippen LogP) is 3.57. The molecule has 1 aliphatic rings. The van der Waals surface area contributed by atoms with Crippen molar-refractivity contribution in [3.8, 4) is 0 Å². The van der Waals surface area contributed by atoms with Crippen molar-refractivity contribution in [1.82, 2.24) is 10.6 Å². The van der Waals surface area contributed by atoms with Crippen LogP contribution in [0.15, 0.2) is 24.3 Å². The maximum absolute atomic E-state index is 5.31. The van der Waals surface area contributed by atoms with Crippen LogP contribution < -0.4 is 10.6 Å². The Kier molecular flexibility index (Phi) is 4.81. The van der Waals surface area contributed by atoms with E-state index < -0.39 is 0 Å². The van der Waals surface area contributed by atoms with Gasteiger partial charge in [-0.2, -0.15) is 0 Å². The van der Waals surface area contributed by atoms with Gasteiger partial charge in [0.25, 0.3) is 0 Å². The highest BCUT2D eigenvalue weighted by molar-refractivity contribution is 7.80. The van der Waals surface area contributed by atoms with Crippen molar-refractivity contribution in [3.63, 3.8) is 0 Å². The van der Waals surface area contributed by atoms with Crippen LogP contribution in [0.1, 0.15) is 50.8 Å². The second-order valence-electron chi connectivity index (χ2n) is 5.95. The molecule has 2 N–H and O–H groups in total. The van der Waals surface area contributed by atoms with E-state index in [9.17, 15) is 0 Å². The Morgan fingerprint density at radius 3 is 2.37 bits per heavy atom. The number of hydrogen-bond acceptors (Lipinski definition) is 1. The van der Waals surface area contributed by atoms with Gasteiger partial charge in [-0.1, -0.05) is 38.1 Å². The Hall–Kier alpha value is -1.09. The molecule has 0 spiro atoms. The summed E-state index contributed by atoms with van der Waals surface area (Å²) in [7, 11) is 0. The van der Waals surface area contributed by atoms with Gasteiger partial charge in [0.2, 0.25) is 0 Å².